The van der Waals surface area contributed by atoms with Gasteiger partial charge in [-0.05, 0) is 12.5 Å². The van der Waals surface area contributed by atoms with E-state index in [2.05, 4.69) is 0 Å². The minimum absolute atomic E-state index is 0.116. The molecule has 1 aromatic carbocycles. The van der Waals surface area contributed by atoms with Crippen LogP contribution in [0.1, 0.15) is 5.56 Å². The van der Waals surface area contributed by atoms with Crippen molar-refractivity contribution in [1.29, 1.82) is 0 Å². The fraction of sp³-hybridized carbons (Fsp3) is 0.400. The molecule has 1 rings (SSSR count). The van der Waals surface area contributed by atoms with E-state index in [1.165, 1.54) is 14.2 Å². The van der Waals surface area contributed by atoms with Crippen LogP contribution >= 0.6 is 0 Å². The number of aliphatic hydroxyl groups is 1. The first-order valence-electron chi connectivity index (χ1n) is 4.35. The molecule has 0 unspecified atom stereocenters. The second-order valence-electron chi connectivity index (χ2n) is 2.87. The molecule has 1 aromatic rings. The van der Waals surface area contributed by atoms with Gasteiger partial charge in [0.1, 0.15) is 0 Å². The Labute approximate surface area is 86.2 Å². The predicted molar refractivity (Wildman–Crippen MR) is 50.3 cm³/mol. The monoisotopic (exact) mass is 218 g/mol. The molecule has 0 saturated carbocycles. The van der Waals surface area contributed by atoms with Gasteiger partial charge in [0.25, 0.3) is 0 Å². The van der Waals surface area contributed by atoms with Crippen molar-refractivity contribution in [3.8, 4) is 11.5 Å². The second-order valence-corrected chi connectivity index (χ2v) is 2.87. The average molecular weight is 218 g/mol. The molecule has 0 fully saturated rings. The highest BCUT2D eigenvalue weighted by Gasteiger charge is 2.19. The van der Waals surface area contributed by atoms with Crippen LogP contribution in [0.5, 0.6) is 11.5 Å². The normalized spacial score (nSPS) is 10.2. The van der Waals surface area contributed by atoms with Gasteiger partial charge in [0.15, 0.2) is 17.3 Å². The lowest BCUT2D eigenvalue weighted by atomic mass is 10.1. The summed E-state index contributed by atoms with van der Waals surface area (Å²) in [4.78, 5) is 0. The number of benzene rings is 1. The minimum Gasteiger partial charge on any atom is -0.492 e. The number of methoxy groups -OCH3 is 2. The largest absolute Gasteiger partial charge is 0.492 e. The summed E-state index contributed by atoms with van der Waals surface area (Å²) in [5.74, 6) is -2.27. The average Bonchev–Trinajstić information content (AvgIpc) is 2.23. The Hall–Kier alpha value is -1.36. The Balaban J connectivity index is 3.33. The molecule has 0 radical (unpaired) electrons. The molecular weight excluding hydrogens is 206 g/mol. The Morgan fingerprint density at radius 1 is 1.20 bits per heavy atom. The molecule has 0 bridgehead atoms. The van der Waals surface area contributed by atoms with Crippen molar-refractivity contribution in [2.45, 2.75) is 6.42 Å². The summed E-state index contributed by atoms with van der Waals surface area (Å²) in [7, 11) is 2.55. The van der Waals surface area contributed by atoms with Crippen molar-refractivity contribution in [3.05, 3.63) is 23.3 Å². The summed E-state index contributed by atoms with van der Waals surface area (Å²) in [6.07, 6.45) is 0.177. The summed E-state index contributed by atoms with van der Waals surface area (Å²) in [5.41, 5.74) is 0.371. The third kappa shape index (κ3) is 2.18. The van der Waals surface area contributed by atoms with Crippen LogP contribution in [-0.4, -0.2) is 25.9 Å². The molecular formula is C10H12F2O3. The van der Waals surface area contributed by atoms with E-state index in [1.54, 1.807) is 0 Å². The van der Waals surface area contributed by atoms with Crippen molar-refractivity contribution in [2.75, 3.05) is 20.8 Å². The lowest BCUT2D eigenvalue weighted by molar-refractivity contribution is 0.291. The lowest BCUT2D eigenvalue weighted by Crippen LogP contribution is -2.03. The van der Waals surface area contributed by atoms with Gasteiger partial charge in [0.2, 0.25) is 5.82 Å². The van der Waals surface area contributed by atoms with Crippen LogP contribution in [0.3, 0.4) is 0 Å². The third-order valence-electron chi connectivity index (χ3n) is 2.00. The molecule has 0 atom stereocenters. The van der Waals surface area contributed by atoms with E-state index in [0.717, 1.165) is 6.07 Å². The van der Waals surface area contributed by atoms with E-state index in [1.807, 2.05) is 0 Å². The lowest BCUT2D eigenvalue weighted by Gasteiger charge is -2.13. The van der Waals surface area contributed by atoms with Crippen molar-refractivity contribution in [2.24, 2.45) is 0 Å². The van der Waals surface area contributed by atoms with Gasteiger partial charge in [0.05, 0.1) is 14.2 Å². The van der Waals surface area contributed by atoms with Crippen LogP contribution in [0.4, 0.5) is 8.78 Å². The maximum atomic E-state index is 13.2. The van der Waals surface area contributed by atoms with Crippen molar-refractivity contribution in [1.82, 2.24) is 0 Å². The predicted octanol–water partition coefficient (Wildman–Crippen LogP) is 1.52. The molecule has 0 saturated heterocycles. The first kappa shape index (κ1) is 11.7. The van der Waals surface area contributed by atoms with E-state index in [0.29, 0.717) is 5.56 Å². The number of ether oxygens (including phenoxy) is 2. The quantitative estimate of drug-likeness (QED) is 0.832. The smallest absolute Gasteiger partial charge is 0.204 e. The highest BCUT2D eigenvalue weighted by atomic mass is 19.2. The van der Waals surface area contributed by atoms with Crippen LogP contribution in [0.15, 0.2) is 6.07 Å². The Bertz CT molecular complexity index is 353. The minimum atomic E-state index is -1.09. The van der Waals surface area contributed by atoms with Gasteiger partial charge in [-0.2, -0.15) is 4.39 Å². The van der Waals surface area contributed by atoms with Crippen LogP contribution in [-0.2, 0) is 6.42 Å². The van der Waals surface area contributed by atoms with E-state index >= 15 is 0 Å². The van der Waals surface area contributed by atoms with Gasteiger partial charge < -0.3 is 14.6 Å². The first-order valence-corrected chi connectivity index (χ1v) is 4.35. The molecule has 0 aromatic heterocycles. The van der Waals surface area contributed by atoms with E-state index in [-0.39, 0.29) is 24.5 Å². The molecule has 0 aliphatic heterocycles. The standard InChI is InChI=1S/C10H12F2O3/c1-14-9-6(3-4-13)5-7(11)8(12)10(9)15-2/h5,13H,3-4H2,1-2H3. The molecule has 84 valence electrons. The number of hydrogen-bond donors (Lipinski definition) is 1. The maximum Gasteiger partial charge on any atom is 0.204 e. The van der Waals surface area contributed by atoms with Crippen molar-refractivity contribution >= 4 is 0 Å². The molecule has 0 heterocycles. The zero-order chi connectivity index (χ0) is 11.4. The fourth-order valence-electron chi connectivity index (χ4n) is 1.35. The summed E-state index contributed by atoms with van der Waals surface area (Å²) in [5, 5.41) is 8.75. The molecule has 0 amide bonds. The van der Waals surface area contributed by atoms with Gasteiger partial charge in [-0.15, -0.1) is 0 Å². The Kier molecular flexibility index (Phi) is 3.85. The molecule has 5 heteroatoms. The van der Waals surface area contributed by atoms with Gasteiger partial charge >= 0.3 is 0 Å². The number of hydrogen-bond acceptors (Lipinski definition) is 3. The molecule has 15 heavy (non-hydrogen) atoms. The van der Waals surface area contributed by atoms with Crippen LogP contribution in [0.2, 0.25) is 0 Å². The number of aliphatic hydroxyl groups excluding tert-OH is 1. The maximum absolute atomic E-state index is 13.2. The zero-order valence-corrected chi connectivity index (χ0v) is 8.51. The Morgan fingerprint density at radius 2 is 1.80 bits per heavy atom. The van der Waals surface area contributed by atoms with Crippen molar-refractivity contribution < 1.29 is 23.4 Å². The summed E-state index contributed by atoms with van der Waals surface area (Å²) in [6, 6.07) is 0.993. The summed E-state index contributed by atoms with van der Waals surface area (Å²) >= 11 is 0. The van der Waals surface area contributed by atoms with Gasteiger partial charge in [-0.3, -0.25) is 0 Å². The summed E-state index contributed by atoms with van der Waals surface area (Å²) in [6.45, 7) is -0.176. The van der Waals surface area contributed by atoms with E-state index in [4.69, 9.17) is 14.6 Å². The van der Waals surface area contributed by atoms with Gasteiger partial charge in [-0.1, -0.05) is 0 Å². The molecule has 1 N–H and O–H groups in total. The topological polar surface area (TPSA) is 38.7 Å². The SMILES string of the molecule is COc1c(CCO)cc(F)c(F)c1OC. The van der Waals surface area contributed by atoms with E-state index < -0.39 is 11.6 Å². The molecule has 3 nitrogen and oxygen atoms in total. The fourth-order valence-corrected chi connectivity index (χ4v) is 1.35. The highest BCUT2D eigenvalue weighted by molar-refractivity contribution is 5.48. The highest BCUT2D eigenvalue weighted by Crippen LogP contribution is 2.35. The van der Waals surface area contributed by atoms with E-state index in [9.17, 15) is 8.78 Å². The molecule has 0 aliphatic carbocycles. The molecule has 0 spiro atoms. The van der Waals surface area contributed by atoms with Crippen molar-refractivity contribution in [3.63, 3.8) is 0 Å². The zero-order valence-electron chi connectivity index (χ0n) is 8.51. The first-order chi connectivity index (χ1) is 7.15. The van der Waals surface area contributed by atoms with Gasteiger partial charge in [-0.25, -0.2) is 4.39 Å². The van der Waals surface area contributed by atoms with Crippen LogP contribution in [0, 0.1) is 11.6 Å². The second kappa shape index (κ2) is 4.93. The third-order valence-corrected chi connectivity index (χ3v) is 2.00. The number of halogens is 2. The molecule has 0 aliphatic rings. The van der Waals surface area contributed by atoms with Gasteiger partial charge in [0, 0.05) is 12.2 Å². The summed E-state index contributed by atoms with van der Waals surface area (Å²) < 4.78 is 35.9. The van der Waals surface area contributed by atoms with Crippen LogP contribution in [0.25, 0.3) is 0 Å². The number of rotatable bonds is 4. The Morgan fingerprint density at radius 3 is 2.27 bits per heavy atom. The van der Waals surface area contributed by atoms with Crippen LogP contribution < -0.4 is 9.47 Å².